The topological polar surface area (TPSA) is 40.5 Å². The molecule has 2 rings (SSSR count). The molecule has 2 aromatic rings. The van der Waals surface area contributed by atoms with Crippen molar-refractivity contribution in [2.24, 2.45) is 0 Å². The Morgan fingerprint density at radius 2 is 1.18 bits per heavy atom. The van der Waals surface area contributed by atoms with E-state index < -0.39 is 6.09 Å². The third-order valence-electron chi connectivity index (χ3n) is 2.22. The smallest absolute Gasteiger partial charge is 0.416 e. The molecule has 0 saturated heterocycles. The summed E-state index contributed by atoms with van der Waals surface area (Å²) in [5, 5.41) is 9.21. The summed E-state index contributed by atoms with van der Waals surface area (Å²) < 4.78 is 0. The maximum Gasteiger partial charge on any atom is 0.416 e. The van der Waals surface area contributed by atoms with Gasteiger partial charge in [0.15, 0.2) is 0 Å². The maximum absolute atomic E-state index is 11.2. The van der Waals surface area contributed by atoms with Crippen LogP contribution >= 0.6 is 17.0 Å². The van der Waals surface area contributed by atoms with Crippen molar-refractivity contribution in [3.63, 3.8) is 0 Å². The Morgan fingerprint density at radius 3 is 1.47 bits per heavy atom. The van der Waals surface area contributed by atoms with E-state index in [1.807, 2.05) is 36.4 Å². The van der Waals surface area contributed by atoms with E-state index in [9.17, 15) is 9.90 Å². The van der Waals surface area contributed by atoms with Crippen molar-refractivity contribution in [3.05, 3.63) is 60.7 Å². The molecule has 17 heavy (non-hydrogen) atoms. The van der Waals surface area contributed by atoms with Crippen molar-refractivity contribution in [2.75, 3.05) is 4.90 Å². The Bertz CT molecular complexity index is 434. The predicted octanol–water partition coefficient (Wildman–Crippen LogP) is 4.08. The van der Waals surface area contributed by atoms with Crippen molar-refractivity contribution in [3.8, 4) is 0 Å². The first-order chi connectivity index (χ1) is 7.79. The zero-order chi connectivity index (χ0) is 11.4. The fourth-order valence-electron chi connectivity index (χ4n) is 1.52. The summed E-state index contributed by atoms with van der Waals surface area (Å²) in [4.78, 5) is 12.5. The van der Waals surface area contributed by atoms with Crippen LogP contribution in [0, 0.1) is 0 Å². The minimum Gasteiger partial charge on any atom is -0.464 e. The first-order valence-electron chi connectivity index (χ1n) is 4.92. The fourth-order valence-corrected chi connectivity index (χ4v) is 1.52. The van der Waals surface area contributed by atoms with Gasteiger partial charge in [-0.3, -0.25) is 0 Å². The number of para-hydroxylation sites is 2. The number of amides is 1. The first-order valence-corrected chi connectivity index (χ1v) is 4.92. The molecular weight excluding hydrogens is 282 g/mol. The highest BCUT2D eigenvalue weighted by Crippen LogP contribution is 2.24. The molecule has 0 aliphatic carbocycles. The highest BCUT2D eigenvalue weighted by Gasteiger charge is 2.15. The lowest BCUT2D eigenvalue weighted by molar-refractivity contribution is 0.205. The molecule has 0 heterocycles. The van der Waals surface area contributed by atoms with Gasteiger partial charge < -0.3 is 5.11 Å². The number of rotatable bonds is 2. The van der Waals surface area contributed by atoms with Crippen molar-refractivity contribution < 1.29 is 9.90 Å². The highest BCUT2D eigenvalue weighted by atomic mass is 79.9. The molecule has 0 bridgehead atoms. The van der Waals surface area contributed by atoms with Gasteiger partial charge in [0.1, 0.15) is 0 Å². The molecule has 1 amide bonds. The Morgan fingerprint density at radius 1 is 0.824 bits per heavy atom. The largest absolute Gasteiger partial charge is 0.464 e. The quantitative estimate of drug-likeness (QED) is 0.906. The van der Waals surface area contributed by atoms with Crippen LogP contribution in [0.1, 0.15) is 0 Å². The molecule has 0 aromatic heterocycles. The van der Waals surface area contributed by atoms with Gasteiger partial charge >= 0.3 is 6.09 Å². The number of hydrogen-bond acceptors (Lipinski definition) is 1. The Hall–Kier alpha value is -1.81. The van der Waals surface area contributed by atoms with Crippen LogP contribution in [0.5, 0.6) is 0 Å². The van der Waals surface area contributed by atoms with Crippen molar-refractivity contribution >= 4 is 34.4 Å². The number of nitrogens with zero attached hydrogens (tertiary/aromatic N) is 1. The zero-order valence-electron chi connectivity index (χ0n) is 8.98. The van der Waals surface area contributed by atoms with Gasteiger partial charge in [-0.1, -0.05) is 36.4 Å². The number of benzene rings is 2. The van der Waals surface area contributed by atoms with E-state index in [2.05, 4.69) is 0 Å². The van der Waals surface area contributed by atoms with Crippen LogP contribution in [0.15, 0.2) is 60.7 Å². The summed E-state index contributed by atoms with van der Waals surface area (Å²) in [7, 11) is 0. The molecule has 0 fully saturated rings. The summed E-state index contributed by atoms with van der Waals surface area (Å²) >= 11 is 0. The maximum atomic E-state index is 11.2. The lowest BCUT2D eigenvalue weighted by Crippen LogP contribution is -2.23. The molecule has 0 unspecified atom stereocenters. The Labute approximate surface area is 110 Å². The third-order valence-corrected chi connectivity index (χ3v) is 2.22. The highest BCUT2D eigenvalue weighted by molar-refractivity contribution is 8.93. The number of carboxylic acid groups (broad SMARTS) is 1. The van der Waals surface area contributed by atoms with Crippen LogP contribution in [0.4, 0.5) is 16.2 Å². The van der Waals surface area contributed by atoms with Crippen LogP contribution in [0.2, 0.25) is 0 Å². The SMILES string of the molecule is Br.O=C(O)N(c1ccccc1)c1ccccc1. The zero-order valence-corrected chi connectivity index (χ0v) is 10.7. The van der Waals surface area contributed by atoms with Crippen LogP contribution in [0.3, 0.4) is 0 Å². The number of anilines is 2. The van der Waals surface area contributed by atoms with Gasteiger partial charge in [0.2, 0.25) is 0 Å². The molecule has 1 N–H and O–H groups in total. The molecule has 88 valence electrons. The monoisotopic (exact) mass is 293 g/mol. The molecule has 0 atom stereocenters. The average Bonchev–Trinajstić information content (AvgIpc) is 2.31. The second kappa shape index (κ2) is 6.06. The summed E-state index contributed by atoms with van der Waals surface area (Å²) in [6, 6.07) is 18.0. The molecule has 0 spiro atoms. The minimum absolute atomic E-state index is 0. The van der Waals surface area contributed by atoms with Gasteiger partial charge in [0.25, 0.3) is 0 Å². The van der Waals surface area contributed by atoms with E-state index in [0.29, 0.717) is 11.4 Å². The van der Waals surface area contributed by atoms with Crippen molar-refractivity contribution in [1.29, 1.82) is 0 Å². The Kier molecular flexibility index (Phi) is 4.72. The van der Waals surface area contributed by atoms with Gasteiger partial charge in [-0.15, -0.1) is 17.0 Å². The molecule has 0 aliphatic heterocycles. The summed E-state index contributed by atoms with van der Waals surface area (Å²) in [5.41, 5.74) is 1.28. The molecule has 3 nitrogen and oxygen atoms in total. The van der Waals surface area contributed by atoms with Gasteiger partial charge in [0, 0.05) is 0 Å². The van der Waals surface area contributed by atoms with Crippen LogP contribution in [0.25, 0.3) is 0 Å². The summed E-state index contributed by atoms with van der Waals surface area (Å²) in [6.45, 7) is 0. The third kappa shape index (κ3) is 3.07. The minimum atomic E-state index is -0.989. The van der Waals surface area contributed by atoms with E-state index in [-0.39, 0.29) is 17.0 Å². The van der Waals surface area contributed by atoms with Crippen LogP contribution in [-0.2, 0) is 0 Å². The normalized spacial score (nSPS) is 9.18. The van der Waals surface area contributed by atoms with Gasteiger partial charge in [0.05, 0.1) is 11.4 Å². The molecule has 0 radical (unpaired) electrons. The van der Waals surface area contributed by atoms with Crippen LogP contribution in [-0.4, -0.2) is 11.2 Å². The lowest BCUT2D eigenvalue weighted by Gasteiger charge is -2.18. The van der Waals surface area contributed by atoms with Crippen LogP contribution < -0.4 is 4.90 Å². The molecule has 2 aromatic carbocycles. The average molecular weight is 294 g/mol. The summed E-state index contributed by atoms with van der Waals surface area (Å²) in [6.07, 6.45) is -0.989. The molecule has 4 heteroatoms. The second-order valence-corrected chi connectivity index (χ2v) is 3.29. The van der Waals surface area contributed by atoms with Crippen molar-refractivity contribution in [1.82, 2.24) is 0 Å². The fraction of sp³-hybridized carbons (Fsp3) is 0. The molecule has 0 aliphatic rings. The van der Waals surface area contributed by atoms with E-state index in [0.717, 1.165) is 0 Å². The first kappa shape index (κ1) is 13.3. The second-order valence-electron chi connectivity index (χ2n) is 3.29. The van der Waals surface area contributed by atoms with Gasteiger partial charge in [-0.05, 0) is 24.3 Å². The number of carbonyl (C=O) groups is 1. The lowest BCUT2D eigenvalue weighted by atomic mass is 10.2. The van der Waals surface area contributed by atoms with Gasteiger partial charge in [-0.2, -0.15) is 0 Å². The van der Waals surface area contributed by atoms with Gasteiger partial charge in [-0.25, -0.2) is 9.69 Å². The van der Waals surface area contributed by atoms with E-state index in [4.69, 9.17) is 0 Å². The van der Waals surface area contributed by atoms with Crippen molar-refractivity contribution in [2.45, 2.75) is 0 Å². The standard InChI is InChI=1S/C13H11NO2.BrH/c15-13(16)14(11-7-3-1-4-8-11)12-9-5-2-6-10-12;/h1-10H,(H,15,16);1H. The van der Waals surface area contributed by atoms with E-state index >= 15 is 0 Å². The molecular formula is C13H12BrNO2. The Balaban J connectivity index is 0.00000144. The van der Waals surface area contributed by atoms with E-state index in [1.165, 1.54) is 4.90 Å². The summed E-state index contributed by atoms with van der Waals surface area (Å²) in [5.74, 6) is 0. The predicted molar refractivity (Wildman–Crippen MR) is 73.4 cm³/mol. The number of halogens is 1. The van der Waals surface area contributed by atoms with E-state index in [1.54, 1.807) is 24.3 Å². The molecule has 0 saturated carbocycles. The number of hydrogen-bond donors (Lipinski definition) is 1.